The Labute approximate surface area is 598 Å². The molecule has 0 aromatic heterocycles. The van der Waals surface area contributed by atoms with E-state index in [0.717, 1.165) is 6.92 Å². The molecule has 0 aromatic rings. The number of aliphatic hydroxyl groups excluding tert-OH is 2. The van der Waals surface area contributed by atoms with Crippen molar-refractivity contribution in [1.82, 2.24) is 74.4 Å². The molecule has 0 aliphatic heterocycles. The van der Waals surface area contributed by atoms with Crippen molar-refractivity contribution < 1.29 is 117 Å². The number of nitrogens with one attached hydrogen (secondary N) is 14. The number of hydrogen-bond acceptors (Lipinski definition) is 24. The van der Waals surface area contributed by atoms with Crippen molar-refractivity contribution >= 4 is 118 Å². The van der Waals surface area contributed by atoms with Gasteiger partial charge in [-0.15, -0.1) is 0 Å². The fourth-order valence-electron chi connectivity index (χ4n) is 9.07. The van der Waals surface area contributed by atoms with Crippen LogP contribution in [-0.4, -0.2) is 267 Å². The zero-order valence-electron chi connectivity index (χ0n) is 59.0. The van der Waals surface area contributed by atoms with Crippen molar-refractivity contribution in [3.05, 3.63) is 0 Å². The second-order valence-electron chi connectivity index (χ2n) is 24.5. The van der Waals surface area contributed by atoms with Crippen LogP contribution in [0.4, 0.5) is 0 Å². The van der Waals surface area contributed by atoms with Crippen molar-refractivity contribution in [3.63, 3.8) is 0 Å². The molecule has 41 nitrogen and oxygen atoms in total. The van der Waals surface area contributed by atoms with Gasteiger partial charge in [0.05, 0.1) is 19.8 Å². The Balaban J connectivity index is 6.27. The highest BCUT2D eigenvalue weighted by molar-refractivity contribution is 7.98. The Kier molecular flexibility index (Phi) is 45.5. The molecule has 103 heavy (non-hydrogen) atoms. The van der Waals surface area contributed by atoms with E-state index in [-0.39, 0.29) is 51.1 Å². The molecule has 0 saturated carbocycles. The van der Waals surface area contributed by atoms with E-state index in [1.54, 1.807) is 20.1 Å². The molecule has 0 unspecified atom stereocenters. The number of carbonyl (C=O) groups excluding carboxylic acids is 14. The van der Waals surface area contributed by atoms with Gasteiger partial charge in [0.15, 0.2) is 0 Å². The van der Waals surface area contributed by atoms with E-state index in [0.29, 0.717) is 25.0 Å². The smallest absolute Gasteiger partial charge is 0.326 e. The maximum atomic E-state index is 14.0. The number of hydrogen-bond donors (Lipinski definition) is 23. The molecule has 14 atom stereocenters. The first kappa shape index (κ1) is 93.6. The Morgan fingerprint density at radius 2 is 0.641 bits per heavy atom. The van der Waals surface area contributed by atoms with Crippen LogP contribution in [0.15, 0.2) is 0 Å². The number of nitrogens with two attached hydrogens (primary N) is 3. The molecule has 0 radical (unpaired) electrons. The predicted octanol–water partition coefficient (Wildman–Crippen LogP) is -8.45. The van der Waals surface area contributed by atoms with Gasteiger partial charge in [0, 0.05) is 19.3 Å². The molecule has 0 heterocycles. The van der Waals surface area contributed by atoms with E-state index in [1.165, 1.54) is 39.5 Å². The SMILES string of the molecule is CSCC[C@H](NC(=O)[C@@H](N)CO)C(=O)N[C@@H](C)C(=O)N[C@@H](C)C(=O)N[C@@H](CO)C(=O)N[C@@H](CC(C)C)C(=O)N[C@@H](CCC(=O)O)C(=O)N[C@@H](C)C(=O)N[C@@H](CCC(=O)O)C(=O)N[C@@H](C)C(=O)N[C@@H](CCCCN)C(=O)NCC(=O)N[C@@H](CCCCN)C(=O)N[C@@H](C)C(=O)N[C@@H](CCC(=O)O)C(=O)O. The van der Waals surface area contributed by atoms with Crippen LogP contribution in [0.3, 0.4) is 0 Å². The van der Waals surface area contributed by atoms with Crippen LogP contribution in [0.1, 0.15) is 138 Å². The van der Waals surface area contributed by atoms with E-state index < -0.39 is 249 Å². The summed E-state index contributed by atoms with van der Waals surface area (Å²) in [6.45, 7) is 7.06. The lowest BCUT2D eigenvalue weighted by molar-refractivity contribution is -0.143. The first-order valence-corrected chi connectivity index (χ1v) is 34.6. The Bertz CT molecular complexity index is 2910. The molecule has 42 heteroatoms. The normalized spacial score (nSPS) is 15.1. The van der Waals surface area contributed by atoms with Gasteiger partial charge >= 0.3 is 23.9 Å². The second-order valence-corrected chi connectivity index (χ2v) is 25.5. The molecule has 0 saturated heterocycles. The van der Waals surface area contributed by atoms with Crippen LogP contribution >= 0.6 is 11.8 Å². The number of rotatable bonds is 53. The Morgan fingerprint density at radius 3 is 1.00 bits per heavy atom. The first-order valence-electron chi connectivity index (χ1n) is 33.2. The van der Waals surface area contributed by atoms with Gasteiger partial charge in [0.25, 0.3) is 0 Å². The molecular formula is C61H105N17O24S. The van der Waals surface area contributed by atoms with Gasteiger partial charge in [-0.25, -0.2) is 4.79 Å². The highest BCUT2D eigenvalue weighted by Crippen LogP contribution is 2.11. The molecule has 0 rings (SSSR count). The van der Waals surface area contributed by atoms with Crippen molar-refractivity contribution in [1.29, 1.82) is 0 Å². The fourth-order valence-corrected chi connectivity index (χ4v) is 9.55. The van der Waals surface area contributed by atoms with Gasteiger partial charge in [0.1, 0.15) is 84.6 Å². The molecule has 0 bridgehead atoms. The standard InChI is InChI=1S/C61H105N17O24S/c1-29(2)25-42(77-60(100)43(28-80)78-52(92)31(4)66-48(88)30(3)67-58(98)40(21-24-103-8)74-53(93)35(64)27-79)59(99)75-39(16-19-46(84)85)57(97)70-33(6)50(90)73-38(15-18-45(82)83)56(96)69-32(5)49(89)72-36(13-9-11-22-62)54(94)65-26-44(81)71-37(14-10-12-23-63)55(95)68-34(7)51(91)76-41(61(101)102)17-20-47(86)87/h29-43,79-80H,9-28,62-64H2,1-8H3,(H,65,94)(H,66,88)(H,67,98)(H,68,95)(H,69,96)(H,70,97)(H,71,81)(H,72,89)(H,73,90)(H,74,93)(H,75,99)(H,76,91)(H,77,100)(H,78,92)(H,82,83)(H,84,85)(H,86,87)(H,101,102)/t30-,31-,32-,33-,34-,35-,36-,37-,38-,39-,40-,41-,42-,43-/m0/s1. The largest absolute Gasteiger partial charge is 0.481 e. The summed E-state index contributed by atoms with van der Waals surface area (Å²) in [6.07, 6.45) is -0.832. The van der Waals surface area contributed by atoms with E-state index in [2.05, 4.69) is 74.4 Å². The average Bonchev–Trinajstić information content (AvgIpc) is 0.792. The van der Waals surface area contributed by atoms with Crippen LogP contribution in [0.25, 0.3) is 0 Å². The third-order valence-electron chi connectivity index (χ3n) is 15.1. The van der Waals surface area contributed by atoms with E-state index >= 15 is 0 Å². The number of carboxylic acid groups (broad SMARTS) is 4. The third kappa shape index (κ3) is 38.5. The lowest BCUT2D eigenvalue weighted by atomic mass is 10.0. The number of thioether (sulfide) groups is 1. The van der Waals surface area contributed by atoms with Crippen LogP contribution in [0.2, 0.25) is 0 Å². The second kappa shape index (κ2) is 50.1. The molecule has 0 aliphatic carbocycles. The maximum absolute atomic E-state index is 14.0. The average molecular weight is 1490 g/mol. The Morgan fingerprint density at radius 1 is 0.340 bits per heavy atom. The third-order valence-corrected chi connectivity index (χ3v) is 15.8. The van der Waals surface area contributed by atoms with Crippen LogP contribution < -0.4 is 91.6 Å². The number of unbranched alkanes of at least 4 members (excludes halogenated alkanes) is 2. The topological polar surface area (TPSA) is 675 Å². The van der Waals surface area contributed by atoms with Crippen molar-refractivity contribution in [2.24, 2.45) is 23.1 Å². The number of aliphatic hydroxyl groups is 2. The number of aliphatic carboxylic acids is 4. The highest BCUT2D eigenvalue weighted by Gasteiger charge is 2.36. The van der Waals surface area contributed by atoms with E-state index in [9.17, 15) is 112 Å². The molecule has 584 valence electrons. The lowest BCUT2D eigenvalue weighted by Crippen LogP contribution is -2.60. The van der Waals surface area contributed by atoms with Gasteiger partial charge in [-0.2, -0.15) is 11.8 Å². The van der Waals surface area contributed by atoms with Crippen LogP contribution in [0, 0.1) is 5.92 Å². The van der Waals surface area contributed by atoms with Gasteiger partial charge in [-0.1, -0.05) is 13.8 Å². The quantitative estimate of drug-likeness (QED) is 0.0252. The van der Waals surface area contributed by atoms with E-state index in [4.69, 9.17) is 22.3 Å². The zero-order valence-corrected chi connectivity index (χ0v) is 59.8. The minimum absolute atomic E-state index is 0.0165. The van der Waals surface area contributed by atoms with Gasteiger partial charge in [0.2, 0.25) is 82.7 Å². The summed E-state index contributed by atoms with van der Waals surface area (Å²) in [5.41, 5.74) is 16.8. The van der Waals surface area contributed by atoms with Crippen molar-refractivity contribution in [2.45, 2.75) is 223 Å². The van der Waals surface area contributed by atoms with Crippen LogP contribution in [0.5, 0.6) is 0 Å². The molecular weight excluding hydrogens is 1390 g/mol. The van der Waals surface area contributed by atoms with Crippen LogP contribution in [-0.2, 0) is 86.3 Å². The van der Waals surface area contributed by atoms with Gasteiger partial charge in [-0.3, -0.25) is 81.5 Å². The molecule has 0 aliphatic rings. The summed E-state index contributed by atoms with van der Waals surface area (Å²) in [7, 11) is 0. The molecule has 0 spiro atoms. The molecule has 26 N–H and O–H groups in total. The summed E-state index contributed by atoms with van der Waals surface area (Å²) in [5, 5.41) is 89.6. The first-order chi connectivity index (χ1) is 48.3. The minimum Gasteiger partial charge on any atom is -0.481 e. The summed E-state index contributed by atoms with van der Waals surface area (Å²) < 4.78 is 0. The molecule has 0 aromatic carbocycles. The minimum atomic E-state index is -1.78. The van der Waals surface area contributed by atoms with E-state index in [1.807, 2.05) is 0 Å². The van der Waals surface area contributed by atoms with Crippen molar-refractivity contribution in [2.75, 3.05) is 44.9 Å². The zero-order chi connectivity index (χ0) is 78.8. The van der Waals surface area contributed by atoms with Gasteiger partial charge < -0.3 is 122 Å². The highest BCUT2D eigenvalue weighted by atomic mass is 32.2. The number of carbonyl (C=O) groups is 18. The summed E-state index contributed by atoms with van der Waals surface area (Å²) in [6, 6.07) is -20.9. The monoisotopic (exact) mass is 1490 g/mol. The molecule has 14 amide bonds. The number of carboxylic acids is 4. The lowest BCUT2D eigenvalue weighted by Gasteiger charge is -2.27. The Hall–Kier alpha value is -9.39. The van der Waals surface area contributed by atoms with Crippen molar-refractivity contribution in [3.8, 4) is 0 Å². The summed E-state index contributed by atoms with van der Waals surface area (Å²) >= 11 is 1.36. The summed E-state index contributed by atoms with van der Waals surface area (Å²) in [5.74, 6) is -19.6. The van der Waals surface area contributed by atoms with Gasteiger partial charge in [-0.05, 0) is 136 Å². The predicted molar refractivity (Wildman–Crippen MR) is 365 cm³/mol. The number of amides is 14. The fraction of sp³-hybridized carbons (Fsp3) is 0.705. The summed E-state index contributed by atoms with van der Waals surface area (Å²) in [4.78, 5) is 233. The molecule has 0 fully saturated rings. The maximum Gasteiger partial charge on any atom is 0.326 e.